The first-order valence-electron chi connectivity index (χ1n) is 13.1. The molecule has 0 bridgehead atoms. The van der Waals surface area contributed by atoms with E-state index in [1.54, 1.807) is 22.9 Å². The summed E-state index contributed by atoms with van der Waals surface area (Å²) in [7, 11) is 0. The van der Waals surface area contributed by atoms with Crippen molar-refractivity contribution in [3.8, 4) is 28.9 Å². The lowest BCUT2D eigenvalue weighted by atomic mass is 10.1. The van der Waals surface area contributed by atoms with E-state index in [4.69, 9.17) is 19.3 Å². The number of aliphatic carboxylic acids is 1. The number of aromatic nitrogens is 3. The van der Waals surface area contributed by atoms with E-state index in [0.29, 0.717) is 48.9 Å². The Balaban J connectivity index is 1.44. The van der Waals surface area contributed by atoms with Crippen LogP contribution in [-0.2, 0) is 23.8 Å². The molecule has 11 heteroatoms. The molecule has 1 N–H and O–H groups in total. The maximum atomic E-state index is 12.9. The highest BCUT2D eigenvalue weighted by atomic mass is 19.4. The maximum absolute atomic E-state index is 12.9. The van der Waals surface area contributed by atoms with Crippen molar-refractivity contribution in [1.82, 2.24) is 14.8 Å². The lowest BCUT2D eigenvalue weighted by Crippen LogP contribution is -2.07. The molecular formula is C30H30F3N3O5. The molecule has 0 saturated heterocycles. The minimum atomic E-state index is -4.49. The summed E-state index contributed by atoms with van der Waals surface area (Å²) >= 11 is 0. The Hall–Kier alpha value is -4.54. The van der Waals surface area contributed by atoms with Gasteiger partial charge in [0.05, 0.1) is 30.4 Å². The average Bonchev–Trinajstić information content (AvgIpc) is 3.34. The average molecular weight is 570 g/mol. The van der Waals surface area contributed by atoms with Gasteiger partial charge in [-0.2, -0.15) is 13.2 Å². The SMILES string of the molecule is CC(C)Oc1ccc(CCCOc2cc(CCC(=O)O)n(-c3ccccc3)n2)c(Oc2ccc(C(F)(F)F)cn2)c1. The van der Waals surface area contributed by atoms with Crippen LogP contribution in [0.4, 0.5) is 13.2 Å². The quantitative estimate of drug-likeness (QED) is 0.175. The van der Waals surface area contributed by atoms with Crippen LogP contribution in [-0.4, -0.2) is 38.6 Å². The highest BCUT2D eigenvalue weighted by molar-refractivity contribution is 5.67. The van der Waals surface area contributed by atoms with Crippen LogP contribution in [0.1, 0.15) is 43.5 Å². The molecule has 216 valence electrons. The Kier molecular flexibility index (Phi) is 9.49. The van der Waals surface area contributed by atoms with Crippen LogP contribution in [0, 0.1) is 0 Å². The second kappa shape index (κ2) is 13.2. The monoisotopic (exact) mass is 569 g/mol. The normalized spacial score (nSPS) is 11.5. The summed E-state index contributed by atoms with van der Waals surface area (Å²) in [6.07, 6.45) is -2.48. The van der Waals surface area contributed by atoms with Gasteiger partial charge in [0, 0.05) is 36.5 Å². The molecule has 0 aliphatic carbocycles. The number of aryl methyl sites for hydroxylation is 2. The largest absolute Gasteiger partial charge is 0.491 e. The molecule has 0 aliphatic heterocycles. The van der Waals surface area contributed by atoms with Gasteiger partial charge in [0.2, 0.25) is 11.8 Å². The number of alkyl halides is 3. The highest BCUT2D eigenvalue weighted by Crippen LogP contribution is 2.33. The molecule has 2 aromatic heterocycles. The molecule has 0 amide bonds. The summed E-state index contributed by atoms with van der Waals surface area (Å²) in [6.45, 7) is 4.08. The highest BCUT2D eigenvalue weighted by Gasteiger charge is 2.30. The molecular weight excluding hydrogens is 539 g/mol. The van der Waals surface area contributed by atoms with Crippen LogP contribution in [0.25, 0.3) is 5.69 Å². The third kappa shape index (κ3) is 8.47. The number of carboxylic acids is 1. The van der Waals surface area contributed by atoms with Crippen molar-refractivity contribution in [3.63, 3.8) is 0 Å². The molecule has 0 unspecified atom stereocenters. The summed E-state index contributed by atoms with van der Waals surface area (Å²) in [4.78, 5) is 14.9. The molecule has 0 radical (unpaired) electrons. The lowest BCUT2D eigenvalue weighted by Gasteiger charge is -2.15. The Morgan fingerprint density at radius 3 is 2.44 bits per heavy atom. The van der Waals surface area contributed by atoms with E-state index in [0.717, 1.165) is 23.5 Å². The molecule has 0 fully saturated rings. The number of benzene rings is 2. The topological polar surface area (TPSA) is 95.7 Å². The zero-order chi connectivity index (χ0) is 29.4. The summed E-state index contributed by atoms with van der Waals surface area (Å²) in [6, 6.07) is 18.5. The van der Waals surface area contributed by atoms with Crippen molar-refractivity contribution in [1.29, 1.82) is 0 Å². The van der Waals surface area contributed by atoms with Gasteiger partial charge in [-0.25, -0.2) is 9.67 Å². The molecule has 4 rings (SSSR count). The van der Waals surface area contributed by atoms with Crippen molar-refractivity contribution < 1.29 is 37.3 Å². The Bertz CT molecular complexity index is 1440. The van der Waals surface area contributed by atoms with Gasteiger partial charge in [-0.1, -0.05) is 24.3 Å². The van der Waals surface area contributed by atoms with Crippen molar-refractivity contribution in [2.45, 2.75) is 51.8 Å². The van der Waals surface area contributed by atoms with Crippen LogP contribution < -0.4 is 14.2 Å². The van der Waals surface area contributed by atoms with E-state index in [2.05, 4.69) is 10.1 Å². The van der Waals surface area contributed by atoms with Gasteiger partial charge in [0.1, 0.15) is 11.5 Å². The second-order valence-corrected chi connectivity index (χ2v) is 9.49. The van der Waals surface area contributed by atoms with E-state index in [1.165, 1.54) is 6.07 Å². The van der Waals surface area contributed by atoms with Crippen LogP contribution in [0.3, 0.4) is 0 Å². The fraction of sp³-hybridized carbons (Fsp3) is 0.300. The van der Waals surface area contributed by atoms with Gasteiger partial charge in [-0.05, 0) is 56.5 Å². The Morgan fingerprint density at radius 2 is 1.78 bits per heavy atom. The number of carboxylic acid groups (broad SMARTS) is 1. The van der Waals surface area contributed by atoms with Crippen molar-refractivity contribution in [2.24, 2.45) is 0 Å². The number of hydrogen-bond acceptors (Lipinski definition) is 6. The van der Waals surface area contributed by atoms with Crippen LogP contribution in [0.5, 0.6) is 23.3 Å². The van der Waals surface area contributed by atoms with Gasteiger partial charge in [0.25, 0.3) is 0 Å². The number of halogens is 3. The van der Waals surface area contributed by atoms with Crippen LogP contribution in [0.15, 0.2) is 72.9 Å². The van der Waals surface area contributed by atoms with Gasteiger partial charge in [-0.3, -0.25) is 4.79 Å². The molecule has 2 heterocycles. The zero-order valence-electron chi connectivity index (χ0n) is 22.6. The standard InChI is InChI=1S/C30H30F3N3O5/c1-20(2)40-25-13-10-21(26(18-25)41-27-14-11-22(19-34-27)30(31,32)33)7-6-16-39-28-17-24(12-15-29(37)38)36(35-28)23-8-4-3-5-9-23/h3-5,8-11,13-14,17-20H,6-7,12,15-16H2,1-2H3,(H,37,38). The second-order valence-electron chi connectivity index (χ2n) is 9.49. The molecule has 0 saturated carbocycles. The van der Waals surface area contributed by atoms with Crippen molar-refractivity contribution in [3.05, 3.63) is 89.7 Å². The first kappa shape index (κ1) is 29.4. The molecule has 0 spiro atoms. The van der Waals surface area contributed by atoms with E-state index < -0.39 is 17.7 Å². The zero-order valence-corrected chi connectivity index (χ0v) is 22.6. The van der Waals surface area contributed by atoms with Gasteiger partial charge >= 0.3 is 12.1 Å². The fourth-order valence-corrected chi connectivity index (χ4v) is 4.01. The van der Waals surface area contributed by atoms with E-state index in [-0.39, 0.29) is 18.4 Å². The Morgan fingerprint density at radius 1 is 1.00 bits per heavy atom. The van der Waals surface area contributed by atoms with Crippen LogP contribution >= 0.6 is 0 Å². The summed E-state index contributed by atoms with van der Waals surface area (Å²) in [5.74, 6) is 0.475. The minimum Gasteiger partial charge on any atom is -0.491 e. The molecule has 2 aromatic carbocycles. The predicted octanol–water partition coefficient (Wildman–Crippen LogP) is 6.89. The smallest absolute Gasteiger partial charge is 0.417 e. The maximum Gasteiger partial charge on any atom is 0.417 e. The Labute approximate surface area is 235 Å². The molecule has 41 heavy (non-hydrogen) atoms. The van der Waals surface area contributed by atoms with E-state index >= 15 is 0 Å². The van der Waals surface area contributed by atoms with Gasteiger partial charge < -0.3 is 19.3 Å². The van der Waals surface area contributed by atoms with Crippen molar-refractivity contribution >= 4 is 5.97 Å². The fourth-order valence-electron chi connectivity index (χ4n) is 4.01. The number of ether oxygens (including phenoxy) is 3. The van der Waals surface area contributed by atoms with Gasteiger partial charge in [0.15, 0.2) is 0 Å². The number of carbonyl (C=O) groups is 1. The number of pyridine rings is 1. The minimum absolute atomic E-state index is 0.0255. The molecule has 8 nitrogen and oxygen atoms in total. The predicted molar refractivity (Wildman–Crippen MR) is 145 cm³/mol. The third-order valence-corrected chi connectivity index (χ3v) is 5.89. The first-order chi connectivity index (χ1) is 19.6. The molecule has 4 aromatic rings. The number of nitrogens with zero attached hydrogens (tertiary/aromatic N) is 3. The number of rotatable bonds is 13. The lowest BCUT2D eigenvalue weighted by molar-refractivity contribution is -0.138. The molecule has 0 atom stereocenters. The van der Waals surface area contributed by atoms with E-state index in [9.17, 15) is 18.0 Å². The summed E-state index contributed by atoms with van der Waals surface area (Å²) in [5.41, 5.74) is 1.45. The summed E-state index contributed by atoms with van der Waals surface area (Å²) < 4.78 is 58.0. The van der Waals surface area contributed by atoms with Crippen LogP contribution in [0.2, 0.25) is 0 Å². The first-order valence-corrected chi connectivity index (χ1v) is 13.1. The summed E-state index contributed by atoms with van der Waals surface area (Å²) in [5, 5.41) is 13.6. The number of hydrogen-bond donors (Lipinski definition) is 1. The van der Waals surface area contributed by atoms with Gasteiger partial charge in [-0.15, -0.1) is 5.10 Å². The molecule has 0 aliphatic rings. The third-order valence-electron chi connectivity index (χ3n) is 5.89. The van der Waals surface area contributed by atoms with Crippen molar-refractivity contribution in [2.75, 3.05) is 6.61 Å². The van der Waals surface area contributed by atoms with E-state index in [1.807, 2.05) is 50.2 Å². The number of para-hydroxylation sites is 1.